The van der Waals surface area contributed by atoms with E-state index < -0.39 is 0 Å². The molecule has 0 spiro atoms. The molecule has 0 unspecified atom stereocenters. The van der Waals surface area contributed by atoms with Gasteiger partial charge in [-0.25, -0.2) is 0 Å². The van der Waals surface area contributed by atoms with Crippen LogP contribution in [0.25, 0.3) is 11.0 Å². The fourth-order valence-corrected chi connectivity index (χ4v) is 2.36. The zero-order chi connectivity index (χ0) is 13.4. The Labute approximate surface area is 114 Å². The largest absolute Gasteiger partial charge is 0.331 e. The summed E-state index contributed by atoms with van der Waals surface area (Å²) in [6.07, 6.45) is 1.90. The van der Waals surface area contributed by atoms with Crippen LogP contribution in [0.5, 0.6) is 0 Å². The molecule has 2 heterocycles. The highest BCUT2D eigenvalue weighted by atomic mass is 32.1. The van der Waals surface area contributed by atoms with E-state index in [9.17, 15) is 0 Å². The standard InChI is InChI=1S/C13H11N5S/c1-17-5-4-10(16-17)8-18-12-6-9(7-14)2-3-11(12)15-13(18)19/h2-6H,8H2,1H3,(H,15,19). The van der Waals surface area contributed by atoms with E-state index in [1.807, 2.05) is 36.0 Å². The first kappa shape index (κ1) is 11.7. The number of nitrogens with zero attached hydrogens (tertiary/aromatic N) is 4. The average Bonchev–Trinajstić information content (AvgIpc) is 2.94. The van der Waals surface area contributed by atoms with Gasteiger partial charge in [-0.3, -0.25) is 4.68 Å². The summed E-state index contributed by atoms with van der Waals surface area (Å²) >= 11 is 5.33. The van der Waals surface area contributed by atoms with Crippen molar-refractivity contribution in [3.63, 3.8) is 0 Å². The van der Waals surface area contributed by atoms with Gasteiger partial charge in [0.15, 0.2) is 4.77 Å². The van der Waals surface area contributed by atoms with Crippen LogP contribution in [-0.2, 0) is 13.6 Å². The quantitative estimate of drug-likeness (QED) is 0.726. The van der Waals surface area contributed by atoms with Gasteiger partial charge in [0.1, 0.15) is 0 Å². The molecule has 5 nitrogen and oxygen atoms in total. The maximum Gasteiger partial charge on any atom is 0.178 e. The summed E-state index contributed by atoms with van der Waals surface area (Å²) in [7, 11) is 1.88. The first-order valence-corrected chi connectivity index (χ1v) is 6.19. The number of aryl methyl sites for hydroxylation is 1. The number of hydrogen-bond acceptors (Lipinski definition) is 3. The van der Waals surface area contributed by atoms with Gasteiger partial charge in [-0.15, -0.1) is 0 Å². The molecule has 0 atom stereocenters. The third-order valence-corrected chi connectivity index (χ3v) is 3.32. The second-order valence-corrected chi connectivity index (χ2v) is 4.73. The smallest absolute Gasteiger partial charge is 0.178 e. The predicted octanol–water partition coefficient (Wildman–Crippen LogP) is 2.35. The van der Waals surface area contributed by atoms with E-state index >= 15 is 0 Å². The van der Waals surface area contributed by atoms with Gasteiger partial charge in [0.25, 0.3) is 0 Å². The molecule has 1 N–H and O–H groups in total. The molecule has 3 aromatic rings. The Bertz CT molecular complexity index is 846. The summed E-state index contributed by atoms with van der Waals surface area (Å²) in [5, 5.41) is 13.3. The summed E-state index contributed by atoms with van der Waals surface area (Å²) in [5.74, 6) is 0. The number of hydrogen-bond donors (Lipinski definition) is 1. The van der Waals surface area contributed by atoms with Gasteiger partial charge in [0, 0.05) is 13.2 Å². The number of rotatable bonds is 2. The molecule has 2 aromatic heterocycles. The molecule has 6 heteroatoms. The number of aromatic nitrogens is 4. The van der Waals surface area contributed by atoms with E-state index in [-0.39, 0.29) is 0 Å². The van der Waals surface area contributed by atoms with Crippen molar-refractivity contribution in [3.05, 3.63) is 46.5 Å². The SMILES string of the molecule is Cn1ccc(Cn2c(=S)[nH]c3ccc(C#N)cc32)n1. The Balaban J connectivity index is 2.14. The number of benzene rings is 1. The van der Waals surface area contributed by atoms with Crippen molar-refractivity contribution in [2.75, 3.05) is 0 Å². The minimum absolute atomic E-state index is 0.592. The molecule has 0 radical (unpaired) electrons. The molecule has 0 saturated heterocycles. The Morgan fingerprint density at radius 2 is 2.26 bits per heavy atom. The summed E-state index contributed by atoms with van der Waals surface area (Å²) in [6.45, 7) is 0.592. The van der Waals surface area contributed by atoms with Crippen LogP contribution in [-0.4, -0.2) is 19.3 Å². The van der Waals surface area contributed by atoms with Crippen molar-refractivity contribution in [2.24, 2.45) is 7.05 Å². The third-order valence-electron chi connectivity index (χ3n) is 2.99. The molecule has 0 aliphatic rings. The van der Waals surface area contributed by atoms with Crippen LogP contribution in [0.2, 0.25) is 0 Å². The van der Waals surface area contributed by atoms with Crippen molar-refractivity contribution in [1.29, 1.82) is 5.26 Å². The molecular formula is C13H11N5S. The van der Waals surface area contributed by atoms with E-state index in [4.69, 9.17) is 17.5 Å². The number of imidazole rings is 1. The minimum Gasteiger partial charge on any atom is -0.331 e. The molecule has 0 amide bonds. The maximum atomic E-state index is 8.98. The molecule has 0 fully saturated rings. The lowest BCUT2D eigenvalue weighted by Gasteiger charge is -2.02. The van der Waals surface area contributed by atoms with Gasteiger partial charge in [0.05, 0.1) is 34.9 Å². The van der Waals surface area contributed by atoms with E-state index in [1.54, 1.807) is 10.7 Å². The highest BCUT2D eigenvalue weighted by Crippen LogP contribution is 2.17. The van der Waals surface area contributed by atoms with Crippen LogP contribution in [0.4, 0.5) is 0 Å². The van der Waals surface area contributed by atoms with Crippen LogP contribution in [0.3, 0.4) is 0 Å². The van der Waals surface area contributed by atoms with Crippen LogP contribution >= 0.6 is 12.2 Å². The number of fused-ring (bicyclic) bond motifs is 1. The Morgan fingerprint density at radius 1 is 1.42 bits per heavy atom. The lowest BCUT2D eigenvalue weighted by molar-refractivity contribution is 0.710. The van der Waals surface area contributed by atoms with Crippen molar-refractivity contribution in [2.45, 2.75) is 6.54 Å². The van der Waals surface area contributed by atoms with E-state index in [0.717, 1.165) is 16.7 Å². The van der Waals surface area contributed by atoms with Gasteiger partial charge in [-0.1, -0.05) is 0 Å². The second-order valence-electron chi connectivity index (χ2n) is 4.34. The van der Waals surface area contributed by atoms with E-state index in [1.165, 1.54) is 0 Å². The first-order chi connectivity index (χ1) is 9.17. The lowest BCUT2D eigenvalue weighted by Crippen LogP contribution is -2.01. The van der Waals surface area contributed by atoms with Crippen molar-refractivity contribution in [3.8, 4) is 6.07 Å². The topological polar surface area (TPSA) is 62.3 Å². The van der Waals surface area contributed by atoms with Gasteiger partial charge in [-0.2, -0.15) is 10.4 Å². The Kier molecular flexibility index (Phi) is 2.69. The summed E-state index contributed by atoms with van der Waals surface area (Å²) in [4.78, 5) is 3.14. The van der Waals surface area contributed by atoms with Gasteiger partial charge >= 0.3 is 0 Å². The summed E-state index contributed by atoms with van der Waals surface area (Å²) < 4.78 is 4.35. The normalized spacial score (nSPS) is 10.7. The maximum absolute atomic E-state index is 8.98. The molecule has 0 bridgehead atoms. The minimum atomic E-state index is 0.592. The molecule has 1 aromatic carbocycles. The molecule has 3 rings (SSSR count). The lowest BCUT2D eigenvalue weighted by atomic mass is 10.2. The highest BCUT2D eigenvalue weighted by Gasteiger charge is 2.07. The highest BCUT2D eigenvalue weighted by molar-refractivity contribution is 7.71. The molecule has 0 aliphatic heterocycles. The molecular weight excluding hydrogens is 258 g/mol. The number of H-pyrrole nitrogens is 1. The average molecular weight is 269 g/mol. The number of nitrogens with one attached hydrogen (secondary N) is 1. The zero-order valence-corrected chi connectivity index (χ0v) is 11.1. The second kappa shape index (κ2) is 4.37. The van der Waals surface area contributed by atoms with E-state index in [2.05, 4.69) is 16.2 Å². The van der Waals surface area contributed by atoms with Crippen LogP contribution in [0.15, 0.2) is 30.5 Å². The van der Waals surface area contributed by atoms with Crippen molar-refractivity contribution in [1.82, 2.24) is 19.3 Å². The van der Waals surface area contributed by atoms with Crippen LogP contribution < -0.4 is 0 Å². The first-order valence-electron chi connectivity index (χ1n) is 5.78. The molecule has 94 valence electrons. The molecule has 0 saturated carbocycles. The zero-order valence-electron chi connectivity index (χ0n) is 10.3. The number of nitriles is 1. The Morgan fingerprint density at radius 3 is 2.95 bits per heavy atom. The Hall–Kier alpha value is -2.39. The van der Waals surface area contributed by atoms with Gasteiger partial charge in [0.2, 0.25) is 0 Å². The predicted molar refractivity (Wildman–Crippen MR) is 74.1 cm³/mol. The number of aromatic amines is 1. The fraction of sp³-hybridized carbons (Fsp3) is 0.154. The van der Waals surface area contributed by atoms with E-state index in [0.29, 0.717) is 16.9 Å². The summed E-state index contributed by atoms with van der Waals surface area (Å²) in [5.41, 5.74) is 3.41. The van der Waals surface area contributed by atoms with Gasteiger partial charge in [-0.05, 0) is 36.5 Å². The van der Waals surface area contributed by atoms with Crippen molar-refractivity contribution < 1.29 is 0 Å². The third kappa shape index (κ3) is 2.04. The molecule has 0 aliphatic carbocycles. The van der Waals surface area contributed by atoms with Gasteiger partial charge < -0.3 is 9.55 Å². The molecule has 19 heavy (non-hydrogen) atoms. The summed E-state index contributed by atoms with van der Waals surface area (Å²) in [6, 6.07) is 9.58. The van der Waals surface area contributed by atoms with Crippen LogP contribution in [0, 0.1) is 16.1 Å². The fourth-order valence-electron chi connectivity index (χ4n) is 2.09. The van der Waals surface area contributed by atoms with Crippen molar-refractivity contribution >= 4 is 23.3 Å². The monoisotopic (exact) mass is 269 g/mol. The van der Waals surface area contributed by atoms with Crippen LogP contribution in [0.1, 0.15) is 11.3 Å².